The van der Waals surface area contributed by atoms with Crippen LogP contribution in [0.5, 0.6) is 0 Å². The number of allylic oxidation sites excluding steroid dienone is 1. The maximum Gasteiger partial charge on any atom is 1.00 e. The number of esters is 1. The number of hydrogen-bond donors (Lipinski definition) is 1. The Labute approximate surface area is 207 Å². The van der Waals surface area contributed by atoms with Crippen molar-refractivity contribution < 1.29 is 81.4 Å². The summed E-state index contributed by atoms with van der Waals surface area (Å²) in [5, 5.41) is 8.44. The van der Waals surface area contributed by atoms with E-state index in [4.69, 9.17) is 9.84 Å². The summed E-state index contributed by atoms with van der Waals surface area (Å²) in [7, 11) is 0. The van der Waals surface area contributed by atoms with Crippen LogP contribution in [0.1, 0.15) is 99.7 Å². The number of carboxylic acids is 1. The summed E-state index contributed by atoms with van der Waals surface area (Å²) in [5.41, 5.74) is 0. The summed E-state index contributed by atoms with van der Waals surface area (Å²) >= 11 is 0. The van der Waals surface area contributed by atoms with Gasteiger partial charge in [-0.3, -0.25) is 9.59 Å². The Balaban J connectivity index is -0.000000441. The van der Waals surface area contributed by atoms with Crippen molar-refractivity contribution in [1.29, 1.82) is 0 Å². The van der Waals surface area contributed by atoms with Crippen LogP contribution in [-0.2, 0) is 14.3 Å². The Hall–Kier alpha value is 0.680. The van der Waals surface area contributed by atoms with Gasteiger partial charge in [0.2, 0.25) is 0 Å². The minimum Gasteiger partial charge on any atom is -1.00 e. The zero-order valence-electron chi connectivity index (χ0n) is 19.4. The smallest absolute Gasteiger partial charge is 1.00 e. The molecule has 0 spiro atoms. The monoisotopic (exact) mass is 388 g/mol. The largest absolute Gasteiger partial charge is 1.00 e. The van der Waals surface area contributed by atoms with E-state index in [9.17, 15) is 9.59 Å². The van der Waals surface area contributed by atoms with Gasteiger partial charge in [0.1, 0.15) is 6.61 Å². The Bertz CT molecular complexity index is 357. The van der Waals surface area contributed by atoms with E-state index in [1.54, 1.807) is 0 Å². The van der Waals surface area contributed by atoms with E-state index >= 15 is 0 Å². The maximum atomic E-state index is 11.2. The Kier molecular flexibility index (Phi) is 31.0. The summed E-state index contributed by atoms with van der Waals surface area (Å²) in [6.07, 6.45) is 19.4. The van der Waals surface area contributed by atoms with Crippen molar-refractivity contribution in [1.82, 2.24) is 0 Å². The second kappa shape index (κ2) is 25.7. The molecule has 0 saturated carbocycles. The molecule has 0 aliphatic rings. The topological polar surface area (TPSA) is 63.6 Å². The van der Waals surface area contributed by atoms with E-state index in [1.165, 1.54) is 70.6 Å². The predicted molar refractivity (Wildman–Crippen MR) is 100 cm³/mol. The van der Waals surface area contributed by atoms with Gasteiger partial charge in [-0.15, -0.1) is 0 Å². The minimum atomic E-state index is -0.973. The second-order valence-electron chi connectivity index (χ2n) is 6.37. The number of hydrogen-bond acceptors (Lipinski definition) is 3. The summed E-state index contributed by atoms with van der Waals surface area (Å²) in [6, 6.07) is 0. The molecule has 4 nitrogen and oxygen atoms in total. The maximum absolute atomic E-state index is 11.2. The number of aliphatic carboxylic acids is 1. The van der Waals surface area contributed by atoms with Crippen molar-refractivity contribution in [3.05, 3.63) is 12.2 Å². The third-order valence-electron chi connectivity index (χ3n) is 4.02. The average molecular weight is 389 g/mol. The molecule has 26 heavy (non-hydrogen) atoms. The van der Waals surface area contributed by atoms with Crippen molar-refractivity contribution in [3.63, 3.8) is 0 Å². The van der Waals surface area contributed by atoms with E-state index in [2.05, 4.69) is 6.92 Å². The van der Waals surface area contributed by atoms with Gasteiger partial charge in [-0.05, 0) is 12.8 Å². The van der Waals surface area contributed by atoms with Gasteiger partial charge in [0, 0.05) is 0 Å². The number of ether oxygens (including phenoxy) is 1. The number of carbonyl (C=O) groups is 2. The van der Waals surface area contributed by atoms with Crippen LogP contribution >= 0.6 is 0 Å². The quantitative estimate of drug-likeness (QED) is 0.163. The third kappa shape index (κ3) is 26.9. The first-order chi connectivity index (χ1) is 11.7. The van der Waals surface area contributed by atoms with Crippen LogP contribution in [0, 0.1) is 0 Å². The van der Waals surface area contributed by atoms with Crippen molar-refractivity contribution in [2.45, 2.75) is 96.8 Å². The Morgan fingerprint density at radius 3 is 1.81 bits per heavy atom. The van der Waals surface area contributed by atoms with Gasteiger partial charge in [0.15, 0.2) is 0 Å². The summed E-state index contributed by atoms with van der Waals surface area (Å²) in [4.78, 5) is 21.5. The first-order valence-corrected chi connectivity index (χ1v) is 9.69. The molecule has 144 valence electrons. The zero-order chi connectivity index (χ0) is 17.9. The van der Waals surface area contributed by atoms with Crippen LogP contribution in [0.15, 0.2) is 12.2 Å². The van der Waals surface area contributed by atoms with Crippen molar-refractivity contribution in [3.8, 4) is 0 Å². The average Bonchev–Trinajstić information content (AvgIpc) is 2.56. The summed E-state index contributed by atoms with van der Waals surface area (Å²) in [6.45, 7) is 2.50. The molecule has 0 aliphatic heterocycles. The molecule has 0 radical (unpaired) electrons. The van der Waals surface area contributed by atoms with Gasteiger partial charge >= 0.3 is 71.1 Å². The zero-order valence-corrected chi connectivity index (χ0v) is 21.4. The van der Waals surface area contributed by atoms with E-state index in [-0.39, 0.29) is 81.4 Å². The van der Waals surface area contributed by atoms with Crippen molar-refractivity contribution in [2.24, 2.45) is 0 Å². The number of carbonyl (C=O) groups excluding carboxylic acids is 1. The molecule has 0 amide bonds. The molecule has 6 heteroatoms. The molecule has 0 heterocycles. The molecule has 0 aliphatic carbocycles. The minimum absolute atomic E-state index is 0. The van der Waals surface area contributed by atoms with Crippen LogP contribution in [0.4, 0.5) is 0 Å². The molecule has 0 bridgehead atoms. The van der Waals surface area contributed by atoms with E-state index in [1.807, 2.05) is 12.2 Å². The molecule has 0 aromatic carbocycles. The summed E-state index contributed by atoms with van der Waals surface area (Å²) in [5.74, 6) is -1.42. The molecule has 0 saturated heterocycles. The van der Waals surface area contributed by atoms with Crippen LogP contribution in [0.3, 0.4) is 0 Å². The fraction of sp³-hybridized carbons (Fsp3) is 0.800. The number of rotatable bonds is 17. The molecule has 0 atom stereocenters. The van der Waals surface area contributed by atoms with Gasteiger partial charge < -0.3 is 12.7 Å². The standard InChI is InChI=1S/C20H36O4.2Na.2H/c1-2-3-4-5-6-7-8-9-10-11-12-13-14-15-18-24-20(23)17-16-19(21)22;;;;/h14-15H,2-13,16-18H2,1H3,(H,21,22);;;;/q;2*+1;2*-1. The first-order valence-electron chi connectivity index (χ1n) is 9.69. The van der Waals surface area contributed by atoms with Crippen LogP contribution in [0.25, 0.3) is 0 Å². The van der Waals surface area contributed by atoms with Gasteiger partial charge in [0.05, 0.1) is 12.8 Å². The molecule has 0 unspecified atom stereocenters. The Morgan fingerprint density at radius 1 is 0.808 bits per heavy atom. The second-order valence-corrected chi connectivity index (χ2v) is 6.37. The summed E-state index contributed by atoms with van der Waals surface area (Å²) < 4.78 is 4.91. The molecule has 0 rings (SSSR count). The number of unbranched alkanes of at least 4 members (excludes halogenated alkanes) is 11. The normalized spacial score (nSPS) is 10.2. The van der Waals surface area contributed by atoms with Crippen molar-refractivity contribution in [2.75, 3.05) is 6.61 Å². The Morgan fingerprint density at radius 2 is 1.31 bits per heavy atom. The van der Waals surface area contributed by atoms with Crippen LogP contribution in [-0.4, -0.2) is 23.7 Å². The molecule has 0 aromatic heterocycles. The van der Waals surface area contributed by atoms with E-state index < -0.39 is 11.9 Å². The van der Waals surface area contributed by atoms with Gasteiger partial charge in [0.25, 0.3) is 0 Å². The molecule has 0 fully saturated rings. The predicted octanol–water partition coefficient (Wildman–Crippen LogP) is -0.115. The third-order valence-corrected chi connectivity index (χ3v) is 4.02. The van der Waals surface area contributed by atoms with Crippen LogP contribution in [0.2, 0.25) is 0 Å². The molecule has 0 aromatic rings. The van der Waals surface area contributed by atoms with Gasteiger partial charge in [-0.2, -0.15) is 0 Å². The van der Waals surface area contributed by atoms with E-state index in [0.717, 1.165) is 6.42 Å². The fourth-order valence-corrected chi connectivity index (χ4v) is 2.53. The number of carboxylic acid groups (broad SMARTS) is 1. The molecular weight excluding hydrogens is 350 g/mol. The fourth-order valence-electron chi connectivity index (χ4n) is 2.53. The van der Waals surface area contributed by atoms with Crippen molar-refractivity contribution >= 4 is 11.9 Å². The van der Waals surface area contributed by atoms with Crippen LogP contribution < -0.4 is 59.1 Å². The SMILES string of the molecule is CCCCCCCCCCCCCC=CCOC(=O)CCC(=O)O.[H-].[H-].[Na+].[Na+]. The molecule has 1 N–H and O–H groups in total. The van der Waals surface area contributed by atoms with Gasteiger partial charge in [-0.1, -0.05) is 83.3 Å². The van der Waals surface area contributed by atoms with E-state index in [0.29, 0.717) is 0 Å². The molecular formula is C20H38Na2O4. The van der Waals surface area contributed by atoms with Gasteiger partial charge in [-0.25, -0.2) is 0 Å². The first kappa shape index (κ1) is 31.4.